The fraction of sp³-hybridized carbons (Fsp3) is 0.722. The Morgan fingerprint density at radius 1 is 1.16 bits per heavy atom. The third kappa shape index (κ3) is 8.70. The first kappa shape index (κ1) is 24.6. The number of hydrogen-bond acceptors (Lipinski definition) is 4. The highest BCUT2D eigenvalue weighted by molar-refractivity contribution is 14.0. The molecule has 0 aromatic carbocycles. The number of halogens is 1. The monoisotopic (exact) mass is 481 g/mol. The van der Waals surface area contributed by atoms with Crippen LogP contribution in [0.3, 0.4) is 0 Å². The molecule has 5 nitrogen and oxygen atoms in total. The third-order valence-electron chi connectivity index (χ3n) is 4.17. The van der Waals surface area contributed by atoms with E-state index < -0.39 is 0 Å². The zero-order valence-corrected chi connectivity index (χ0v) is 19.9. The minimum Gasteiger partial charge on any atom is -0.355 e. The van der Waals surface area contributed by atoms with Crippen molar-refractivity contribution in [3.05, 3.63) is 22.4 Å². The SMILES string of the molecule is CN=C(NCCN(C(C)C)C(C)C)NCC(c1cccs1)N(C)C.I. The summed E-state index contributed by atoms with van der Waals surface area (Å²) in [6, 6.07) is 5.76. The maximum atomic E-state index is 4.35. The zero-order chi connectivity index (χ0) is 18.1. The minimum atomic E-state index is 0. The highest BCUT2D eigenvalue weighted by Crippen LogP contribution is 2.22. The number of aliphatic imine (C=N–C) groups is 1. The van der Waals surface area contributed by atoms with Crippen molar-refractivity contribution < 1.29 is 0 Å². The average molecular weight is 481 g/mol. The van der Waals surface area contributed by atoms with Gasteiger partial charge in [0.1, 0.15) is 0 Å². The summed E-state index contributed by atoms with van der Waals surface area (Å²) in [4.78, 5) is 10.4. The van der Waals surface area contributed by atoms with Gasteiger partial charge in [-0.05, 0) is 53.2 Å². The first-order chi connectivity index (χ1) is 11.4. The van der Waals surface area contributed by atoms with E-state index in [9.17, 15) is 0 Å². The van der Waals surface area contributed by atoms with E-state index >= 15 is 0 Å². The molecule has 0 saturated carbocycles. The van der Waals surface area contributed by atoms with Gasteiger partial charge in [0.25, 0.3) is 0 Å². The lowest BCUT2D eigenvalue weighted by Gasteiger charge is -2.31. The molecule has 0 spiro atoms. The molecule has 25 heavy (non-hydrogen) atoms. The first-order valence-electron chi connectivity index (χ1n) is 8.76. The van der Waals surface area contributed by atoms with Crippen molar-refractivity contribution in [1.29, 1.82) is 0 Å². The van der Waals surface area contributed by atoms with Crippen molar-refractivity contribution in [3.63, 3.8) is 0 Å². The first-order valence-corrected chi connectivity index (χ1v) is 9.64. The summed E-state index contributed by atoms with van der Waals surface area (Å²) in [7, 11) is 6.06. The highest BCUT2D eigenvalue weighted by atomic mass is 127. The molecule has 0 radical (unpaired) electrons. The van der Waals surface area contributed by atoms with Crippen LogP contribution in [0.5, 0.6) is 0 Å². The molecule has 0 bridgehead atoms. The largest absolute Gasteiger partial charge is 0.355 e. The van der Waals surface area contributed by atoms with Gasteiger partial charge in [0, 0.05) is 43.6 Å². The fourth-order valence-corrected chi connectivity index (χ4v) is 3.77. The lowest BCUT2D eigenvalue weighted by Crippen LogP contribution is -2.46. The van der Waals surface area contributed by atoms with Crippen molar-refractivity contribution in [2.45, 2.75) is 45.8 Å². The second-order valence-electron chi connectivity index (χ2n) is 6.80. The van der Waals surface area contributed by atoms with Gasteiger partial charge in [0.15, 0.2) is 5.96 Å². The average Bonchev–Trinajstić information content (AvgIpc) is 3.02. The normalized spacial score (nSPS) is 13.5. The number of hydrogen-bond donors (Lipinski definition) is 2. The number of nitrogens with zero attached hydrogens (tertiary/aromatic N) is 3. The van der Waals surface area contributed by atoms with Gasteiger partial charge in [-0.2, -0.15) is 0 Å². The third-order valence-corrected chi connectivity index (χ3v) is 5.14. The molecule has 146 valence electrons. The van der Waals surface area contributed by atoms with E-state index in [0.717, 1.165) is 25.6 Å². The Labute approximate surface area is 175 Å². The molecule has 1 atom stereocenters. The van der Waals surface area contributed by atoms with Crippen molar-refractivity contribution in [3.8, 4) is 0 Å². The van der Waals surface area contributed by atoms with Crippen LogP contribution in [0.2, 0.25) is 0 Å². The van der Waals surface area contributed by atoms with E-state index in [-0.39, 0.29) is 24.0 Å². The van der Waals surface area contributed by atoms with Gasteiger partial charge in [-0.15, -0.1) is 35.3 Å². The lowest BCUT2D eigenvalue weighted by atomic mass is 10.2. The van der Waals surface area contributed by atoms with E-state index in [4.69, 9.17) is 0 Å². The molecule has 0 amide bonds. The number of rotatable bonds is 9. The van der Waals surface area contributed by atoms with Gasteiger partial charge in [-0.1, -0.05) is 6.07 Å². The Kier molecular flexibility index (Phi) is 12.7. The lowest BCUT2D eigenvalue weighted by molar-refractivity contribution is 0.178. The summed E-state index contributed by atoms with van der Waals surface area (Å²) < 4.78 is 0. The van der Waals surface area contributed by atoms with Crippen molar-refractivity contribution in [1.82, 2.24) is 20.4 Å². The van der Waals surface area contributed by atoms with Crippen LogP contribution in [0.4, 0.5) is 0 Å². The Morgan fingerprint density at radius 3 is 2.24 bits per heavy atom. The van der Waals surface area contributed by atoms with E-state index in [1.54, 1.807) is 11.3 Å². The molecule has 1 rings (SSSR count). The number of nitrogens with one attached hydrogen (secondary N) is 2. The molecule has 0 aliphatic carbocycles. The van der Waals surface area contributed by atoms with Crippen molar-refractivity contribution in [2.24, 2.45) is 4.99 Å². The maximum Gasteiger partial charge on any atom is 0.191 e. The Balaban J connectivity index is 0.00000576. The van der Waals surface area contributed by atoms with Crippen molar-refractivity contribution >= 4 is 41.3 Å². The topological polar surface area (TPSA) is 42.9 Å². The van der Waals surface area contributed by atoms with Crippen LogP contribution >= 0.6 is 35.3 Å². The summed E-state index contributed by atoms with van der Waals surface area (Å²) in [5.74, 6) is 0.867. The predicted molar refractivity (Wildman–Crippen MR) is 123 cm³/mol. The molecule has 2 N–H and O–H groups in total. The smallest absolute Gasteiger partial charge is 0.191 e. The van der Waals surface area contributed by atoms with E-state index in [0.29, 0.717) is 18.1 Å². The Hall–Kier alpha value is -0.380. The summed E-state index contributed by atoms with van der Waals surface area (Å²) in [6.07, 6.45) is 0. The maximum absolute atomic E-state index is 4.35. The summed E-state index contributed by atoms with van der Waals surface area (Å²) in [5, 5.41) is 9.02. The van der Waals surface area contributed by atoms with Gasteiger partial charge < -0.3 is 15.5 Å². The van der Waals surface area contributed by atoms with Crippen molar-refractivity contribution in [2.75, 3.05) is 40.8 Å². The van der Waals surface area contributed by atoms with Crippen LogP contribution in [-0.4, -0.2) is 68.6 Å². The number of thiophene rings is 1. The second-order valence-corrected chi connectivity index (χ2v) is 7.78. The quantitative estimate of drug-likeness (QED) is 0.323. The van der Waals surface area contributed by atoms with E-state index in [1.165, 1.54) is 4.88 Å². The second kappa shape index (κ2) is 12.9. The van der Waals surface area contributed by atoms with Gasteiger partial charge in [-0.3, -0.25) is 9.89 Å². The van der Waals surface area contributed by atoms with Crippen LogP contribution in [0, 0.1) is 0 Å². The highest BCUT2D eigenvalue weighted by Gasteiger charge is 2.16. The number of guanidine groups is 1. The van der Waals surface area contributed by atoms with Gasteiger partial charge in [-0.25, -0.2) is 0 Å². The minimum absolute atomic E-state index is 0. The molecule has 0 saturated heterocycles. The standard InChI is InChI=1S/C18H35N5S.HI/c1-14(2)23(15(3)4)11-10-20-18(19-5)21-13-16(22(6)7)17-9-8-12-24-17;/h8-9,12,14-16H,10-11,13H2,1-7H3,(H2,19,20,21);1H. The Bertz CT molecular complexity index is 466. The Morgan fingerprint density at radius 2 is 1.80 bits per heavy atom. The van der Waals surface area contributed by atoms with Crippen LogP contribution in [0.15, 0.2) is 22.5 Å². The number of likely N-dealkylation sites (N-methyl/N-ethyl adjacent to an activating group) is 1. The molecule has 0 fully saturated rings. The van der Waals surface area contributed by atoms with Gasteiger partial charge >= 0.3 is 0 Å². The van der Waals surface area contributed by atoms with Crippen LogP contribution in [0.1, 0.15) is 38.6 Å². The van der Waals surface area contributed by atoms with E-state index in [1.807, 2.05) is 7.05 Å². The molecule has 1 aromatic rings. The summed E-state index contributed by atoms with van der Waals surface area (Å²) in [6.45, 7) is 11.7. The molecule has 0 aliphatic heterocycles. The summed E-state index contributed by atoms with van der Waals surface area (Å²) >= 11 is 1.80. The predicted octanol–water partition coefficient (Wildman–Crippen LogP) is 3.25. The molecular weight excluding hydrogens is 445 g/mol. The fourth-order valence-electron chi connectivity index (χ4n) is 2.85. The molecule has 1 unspecified atom stereocenters. The van der Waals surface area contributed by atoms with Gasteiger partial charge in [0.05, 0.1) is 6.04 Å². The summed E-state index contributed by atoms with van der Waals surface area (Å²) in [5.41, 5.74) is 0. The van der Waals surface area contributed by atoms with Gasteiger partial charge in [0.2, 0.25) is 0 Å². The molecule has 0 aliphatic rings. The van der Waals surface area contributed by atoms with Crippen LogP contribution in [-0.2, 0) is 0 Å². The molecule has 1 heterocycles. The molecule has 7 heteroatoms. The zero-order valence-electron chi connectivity index (χ0n) is 16.7. The van der Waals surface area contributed by atoms with Crippen LogP contribution in [0.25, 0.3) is 0 Å². The molecule has 1 aromatic heterocycles. The molecular formula is C18H36IN5S. The van der Waals surface area contributed by atoms with Crippen LogP contribution < -0.4 is 10.6 Å². The van der Waals surface area contributed by atoms with E-state index in [2.05, 4.69) is 84.7 Å².